The van der Waals surface area contributed by atoms with Gasteiger partial charge in [-0.15, -0.1) is 0 Å². The quantitative estimate of drug-likeness (QED) is 0.850. The van der Waals surface area contributed by atoms with Crippen molar-refractivity contribution in [3.05, 3.63) is 60.2 Å². The van der Waals surface area contributed by atoms with Crippen molar-refractivity contribution in [2.45, 2.75) is 6.04 Å². The Morgan fingerprint density at radius 1 is 1.24 bits per heavy atom. The Morgan fingerprint density at radius 3 is 2.71 bits per heavy atom. The first-order valence-electron chi connectivity index (χ1n) is 5.33. The Hall–Kier alpha value is -1.94. The van der Waals surface area contributed by atoms with Crippen molar-refractivity contribution in [3.63, 3.8) is 0 Å². The van der Waals surface area contributed by atoms with Gasteiger partial charge in [0.2, 0.25) is 0 Å². The lowest BCUT2D eigenvalue weighted by atomic mass is 10.1. The summed E-state index contributed by atoms with van der Waals surface area (Å²) in [4.78, 5) is 3.97. The van der Waals surface area contributed by atoms with Gasteiger partial charge in [-0.25, -0.2) is 4.39 Å². The number of hydrogen-bond acceptors (Lipinski definition) is 3. The number of hydrogen-bond donors (Lipinski definition) is 2. The molecule has 0 aliphatic carbocycles. The number of para-hydroxylation sites is 1. The summed E-state index contributed by atoms with van der Waals surface area (Å²) < 4.78 is 13.4. The molecule has 0 bridgehead atoms. The number of rotatable bonds is 4. The molecule has 0 spiro atoms. The molecule has 0 saturated heterocycles. The van der Waals surface area contributed by atoms with Gasteiger partial charge in [-0.05, 0) is 23.8 Å². The summed E-state index contributed by atoms with van der Waals surface area (Å²) in [5.41, 5.74) is 1.19. The molecule has 88 valence electrons. The minimum absolute atomic E-state index is 0.125. The van der Waals surface area contributed by atoms with Crippen molar-refractivity contribution >= 4 is 5.69 Å². The van der Waals surface area contributed by atoms with E-state index < -0.39 is 0 Å². The van der Waals surface area contributed by atoms with Gasteiger partial charge in [0.25, 0.3) is 0 Å². The molecule has 0 aliphatic heterocycles. The average molecular weight is 232 g/mol. The van der Waals surface area contributed by atoms with E-state index >= 15 is 0 Å². The van der Waals surface area contributed by atoms with Crippen LogP contribution in [-0.2, 0) is 0 Å². The van der Waals surface area contributed by atoms with Gasteiger partial charge >= 0.3 is 0 Å². The van der Waals surface area contributed by atoms with Crippen LogP contribution in [0.15, 0.2) is 48.8 Å². The first kappa shape index (κ1) is 11.5. The van der Waals surface area contributed by atoms with Gasteiger partial charge in [0.05, 0.1) is 18.3 Å². The second-order valence-corrected chi connectivity index (χ2v) is 3.65. The first-order valence-corrected chi connectivity index (χ1v) is 5.33. The molecule has 2 aromatic rings. The van der Waals surface area contributed by atoms with E-state index in [0.29, 0.717) is 5.69 Å². The zero-order chi connectivity index (χ0) is 12.1. The molecule has 0 fully saturated rings. The molecule has 17 heavy (non-hydrogen) atoms. The second kappa shape index (κ2) is 5.41. The number of aliphatic hydroxyl groups is 1. The van der Waals surface area contributed by atoms with E-state index in [-0.39, 0.29) is 18.5 Å². The predicted octanol–water partition coefficient (Wildman–Crippen LogP) is 2.37. The monoisotopic (exact) mass is 232 g/mol. The Morgan fingerprint density at radius 2 is 2.06 bits per heavy atom. The summed E-state index contributed by atoms with van der Waals surface area (Å²) in [5, 5.41) is 12.3. The summed E-state index contributed by atoms with van der Waals surface area (Å²) in [6, 6.07) is 9.62. The topological polar surface area (TPSA) is 45.1 Å². The van der Waals surface area contributed by atoms with Gasteiger partial charge in [0.1, 0.15) is 5.82 Å². The molecule has 2 N–H and O–H groups in total. The van der Waals surface area contributed by atoms with Crippen molar-refractivity contribution in [1.29, 1.82) is 0 Å². The molecule has 1 aromatic carbocycles. The van der Waals surface area contributed by atoms with E-state index in [9.17, 15) is 9.50 Å². The van der Waals surface area contributed by atoms with Crippen molar-refractivity contribution in [3.8, 4) is 0 Å². The fourth-order valence-corrected chi connectivity index (χ4v) is 1.58. The molecule has 0 aliphatic rings. The molecule has 1 atom stereocenters. The molecule has 1 aromatic heterocycles. The van der Waals surface area contributed by atoms with E-state index in [4.69, 9.17) is 0 Å². The standard InChI is InChI=1S/C13H13FN2O/c14-11-5-1-2-6-12(11)16-13(9-17)10-4-3-7-15-8-10/h1-8,13,16-17H,9H2. The average Bonchev–Trinajstić information content (AvgIpc) is 2.39. The normalized spacial score (nSPS) is 12.1. The van der Waals surface area contributed by atoms with Crippen LogP contribution in [0.3, 0.4) is 0 Å². The van der Waals surface area contributed by atoms with Crippen LogP contribution in [0.4, 0.5) is 10.1 Å². The molecule has 1 heterocycles. The minimum atomic E-state index is -0.361. The summed E-state index contributed by atoms with van der Waals surface area (Å²) >= 11 is 0. The minimum Gasteiger partial charge on any atom is -0.394 e. The Labute approximate surface area is 98.9 Å². The fourth-order valence-electron chi connectivity index (χ4n) is 1.58. The maximum absolute atomic E-state index is 13.4. The molecule has 0 radical (unpaired) electrons. The maximum atomic E-state index is 13.4. The van der Waals surface area contributed by atoms with Gasteiger partial charge < -0.3 is 10.4 Å². The zero-order valence-electron chi connectivity index (χ0n) is 9.18. The van der Waals surface area contributed by atoms with Gasteiger partial charge in [-0.1, -0.05) is 18.2 Å². The highest BCUT2D eigenvalue weighted by Gasteiger charge is 2.11. The van der Waals surface area contributed by atoms with E-state index in [2.05, 4.69) is 10.3 Å². The number of nitrogens with zero attached hydrogens (tertiary/aromatic N) is 1. The Bertz CT molecular complexity index is 476. The van der Waals surface area contributed by atoms with Crippen LogP contribution < -0.4 is 5.32 Å². The highest BCUT2D eigenvalue weighted by atomic mass is 19.1. The molecule has 0 amide bonds. The van der Waals surface area contributed by atoms with E-state index in [1.807, 2.05) is 6.07 Å². The summed E-state index contributed by atoms with van der Waals surface area (Å²) in [6.45, 7) is -0.125. The van der Waals surface area contributed by atoms with Crippen molar-refractivity contribution in [2.75, 3.05) is 11.9 Å². The largest absolute Gasteiger partial charge is 0.394 e. The Balaban J connectivity index is 2.19. The van der Waals surface area contributed by atoms with Crippen LogP contribution in [0.1, 0.15) is 11.6 Å². The van der Waals surface area contributed by atoms with Crippen LogP contribution in [-0.4, -0.2) is 16.7 Å². The van der Waals surface area contributed by atoms with Gasteiger partial charge in [-0.2, -0.15) is 0 Å². The summed E-state index contributed by atoms with van der Waals surface area (Å²) in [5.74, 6) is -0.338. The SMILES string of the molecule is OCC(Nc1ccccc1F)c1cccnc1. The van der Waals surface area contributed by atoms with Gasteiger partial charge in [0, 0.05) is 12.4 Å². The molecule has 1 unspecified atom stereocenters. The van der Waals surface area contributed by atoms with Crippen LogP contribution in [0.25, 0.3) is 0 Å². The number of aromatic nitrogens is 1. The smallest absolute Gasteiger partial charge is 0.146 e. The lowest BCUT2D eigenvalue weighted by molar-refractivity contribution is 0.276. The van der Waals surface area contributed by atoms with E-state index in [0.717, 1.165) is 5.56 Å². The third kappa shape index (κ3) is 2.79. The third-order valence-corrected chi connectivity index (χ3v) is 2.47. The Kier molecular flexibility index (Phi) is 3.67. The van der Waals surface area contributed by atoms with E-state index in [1.165, 1.54) is 6.07 Å². The summed E-state index contributed by atoms with van der Waals surface area (Å²) in [6.07, 6.45) is 3.30. The number of anilines is 1. The lowest BCUT2D eigenvalue weighted by Gasteiger charge is -2.17. The number of nitrogens with one attached hydrogen (secondary N) is 1. The number of aliphatic hydroxyl groups excluding tert-OH is 1. The zero-order valence-corrected chi connectivity index (χ0v) is 9.18. The molecular formula is C13H13FN2O. The molecule has 4 heteroatoms. The summed E-state index contributed by atoms with van der Waals surface area (Å²) in [7, 11) is 0. The van der Waals surface area contributed by atoms with Gasteiger partial charge in [-0.3, -0.25) is 4.98 Å². The fraction of sp³-hybridized carbons (Fsp3) is 0.154. The highest BCUT2D eigenvalue weighted by Crippen LogP contribution is 2.20. The number of pyridine rings is 1. The van der Waals surface area contributed by atoms with Crippen LogP contribution in [0.5, 0.6) is 0 Å². The van der Waals surface area contributed by atoms with Crippen molar-refractivity contribution < 1.29 is 9.50 Å². The van der Waals surface area contributed by atoms with Crippen LogP contribution >= 0.6 is 0 Å². The molecular weight excluding hydrogens is 219 g/mol. The first-order chi connectivity index (χ1) is 8.31. The third-order valence-electron chi connectivity index (χ3n) is 2.47. The predicted molar refractivity (Wildman–Crippen MR) is 64.1 cm³/mol. The van der Waals surface area contributed by atoms with E-state index in [1.54, 1.807) is 36.7 Å². The number of benzene rings is 1. The molecule has 3 nitrogen and oxygen atoms in total. The lowest BCUT2D eigenvalue weighted by Crippen LogP contribution is -2.15. The molecule has 0 saturated carbocycles. The number of halogens is 1. The van der Waals surface area contributed by atoms with Gasteiger partial charge in [0.15, 0.2) is 0 Å². The van der Waals surface area contributed by atoms with Crippen LogP contribution in [0, 0.1) is 5.82 Å². The molecule has 2 rings (SSSR count). The van der Waals surface area contributed by atoms with Crippen molar-refractivity contribution in [1.82, 2.24) is 4.98 Å². The highest BCUT2D eigenvalue weighted by molar-refractivity contribution is 5.46. The van der Waals surface area contributed by atoms with Crippen molar-refractivity contribution in [2.24, 2.45) is 0 Å². The van der Waals surface area contributed by atoms with Crippen LogP contribution in [0.2, 0.25) is 0 Å². The second-order valence-electron chi connectivity index (χ2n) is 3.65. The maximum Gasteiger partial charge on any atom is 0.146 e.